The Morgan fingerprint density at radius 1 is 0.582 bits per heavy atom. The second-order valence-corrected chi connectivity index (χ2v) is 19.2. The number of piperidine rings is 2. The van der Waals surface area contributed by atoms with Crippen LogP contribution >= 0.6 is 0 Å². The van der Waals surface area contributed by atoms with Crippen molar-refractivity contribution in [2.75, 3.05) is 109 Å². The predicted molar refractivity (Wildman–Crippen MR) is 253 cm³/mol. The van der Waals surface area contributed by atoms with Gasteiger partial charge in [0.25, 0.3) is 11.8 Å². The molecule has 1 spiro atoms. The minimum atomic E-state index is -0.0763. The molecule has 4 aromatic rings. The Labute approximate surface area is 391 Å². The number of carbonyl (C=O) groups is 5. The summed E-state index contributed by atoms with van der Waals surface area (Å²) in [5, 5.41) is 1.80. The maximum atomic E-state index is 13.8. The van der Waals surface area contributed by atoms with Gasteiger partial charge in [0.2, 0.25) is 11.8 Å². The number of nitrogens with zero attached hydrogens (tertiary/aromatic N) is 8. The standard InChI is InChI=1S/C27H34N4O4.C24H28N4O4/c1-34-20-5-6-23-21(17-20)24(29-10-8-27(9-11-29)7-2-16-35-27)22(18-28-23)26(33)31-14-12-30(13-15-31)25(32)19-3-4-19;1-32-18-4-5-21-19(14-18)22(26-8-6-17(29)7-9-26)20(15-25-21)24(31)28-12-10-27(11-13-28)23(30)16-2-3-16/h5-6,17-19H,2-4,7-16H2,1H3;4-5,14-16H,2-3,6-13H2,1H3. The molecular formula is C51H62N8O8. The molecule has 16 heteroatoms. The normalized spacial score (nSPS) is 20.8. The van der Waals surface area contributed by atoms with Gasteiger partial charge < -0.3 is 43.6 Å². The minimum Gasteiger partial charge on any atom is -0.497 e. The molecule has 16 nitrogen and oxygen atoms in total. The molecular weight excluding hydrogens is 853 g/mol. The summed E-state index contributed by atoms with van der Waals surface area (Å²) in [4.78, 5) is 85.3. The van der Waals surface area contributed by atoms with Crippen molar-refractivity contribution in [2.45, 2.75) is 69.8 Å². The van der Waals surface area contributed by atoms with E-state index in [1.54, 1.807) is 26.6 Å². The Hall–Kier alpha value is -6.03. The number of carbonyl (C=O) groups excluding carboxylic acids is 5. The van der Waals surface area contributed by atoms with E-state index in [0.29, 0.717) is 95.2 Å². The average Bonchev–Trinajstić information content (AvgIpc) is 4.34. The molecule has 2 saturated carbocycles. The number of fused-ring (bicyclic) bond motifs is 2. The third-order valence-corrected chi connectivity index (χ3v) is 15.0. The zero-order chi connectivity index (χ0) is 46.2. The van der Waals surface area contributed by atoms with E-state index in [9.17, 15) is 24.0 Å². The zero-order valence-electron chi connectivity index (χ0n) is 38.9. The van der Waals surface area contributed by atoms with E-state index in [1.165, 1.54) is 0 Å². The Balaban J connectivity index is 0.000000157. The van der Waals surface area contributed by atoms with E-state index in [2.05, 4.69) is 19.8 Å². The van der Waals surface area contributed by atoms with Crippen LogP contribution in [0.5, 0.6) is 11.5 Å². The van der Waals surface area contributed by atoms with Crippen molar-refractivity contribution in [3.05, 3.63) is 59.9 Å². The number of anilines is 2. The fourth-order valence-electron chi connectivity index (χ4n) is 10.6. The van der Waals surface area contributed by atoms with Crippen LogP contribution in [0.1, 0.15) is 84.9 Å². The number of Topliss-reactive ketones (excluding diaryl/α,β-unsaturated/α-hetero) is 1. The smallest absolute Gasteiger partial charge is 0.257 e. The summed E-state index contributed by atoms with van der Waals surface area (Å²) in [5.74, 6) is 2.53. The van der Waals surface area contributed by atoms with E-state index in [4.69, 9.17) is 14.2 Å². The molecule has 0 atom stereocenters. The number of amides is 4. The van der Waals surface area contributed by atoms with Crippen molar-refractivity contribution in [3.63, 3.8) is 0 Å². The van der Waals surface area contributed by atoms with Crippen molar-refractivity contribution < 1.29 is 38.2 Å². The van der Waals surface area contributed by atoms with Crippen molar-refractivity contribution in [1.82, 2.24) is 29.6 Å². The van der Waals surface area contributed by atoms with Gasteiger partial charge in [0.05, 0.1) is 53.4 Å². The molecule has 11 rings (SSSR count). The monoisotopic (exact) mass is 914 g/mol. The van der Waals surface area contributed by atoms with E-state index < -0.39 is 0 Å². The van der Waals surface area contributed by atoms with Gasteiger partial charge in [0.1, 0.15) is 17.3 Å². The van der Waals surface area contributed by atoms with Gasteiger partial charge in [-0.1, -0.05) is 0 Å². The molecule has 4 amide bonds. The summed E-state index contributed by atoms with van der Waals surface area (Å²) in [7, 11) is 3.28. The fraction of sp³-hybridized carbons (Fsp3) is 0.549. The largest absolute Gasteiger partial charge is 0.497 e. The van der Waals surface area contributed by atoms with Gasteiger partial charge in [0, 0.05) is 133 Å². The number of ether oxygens (including phenoxy) is 3. The molecule has 0 unspecified atom stereocenters. The minimum absolute atomic E-state index is 0.00558. The highest BCUT2D eigenvalue weighted by molar-refractivity contribution is 6.09. The number of piperazine rings is 2. The van der Waals surface area contributed by atoms with Crippen LogP contribution in [0, 0.1) is 11.8 Å². The fourth-order valence-corrected chi connectivity index (χ4v) is 10.6. The number of rotatable bonds is 8. The van der Waals surface area contributed by atoms with Crippen molar-refractivity contribution in [3.8, 4) is 11.5 Å². The molecule has 5 aliphatic heterocycles. The summed E-state index contributed by atoms with van der Waals surface area (Å²) in [5.41, 5.74) is 4.60. The number of benzene rings is 2. The van der Waals surface area contributed by atoms with Crippen LogP contribution in [0.25, 0.3) is 21.8 Å². The molecule has 0 bridgehead atoms. The number of aromatic nitrogens is 2. The number of hydrogen-bond acceptors (Lipinski definition) is 12. The summed E-state index contributed by atoms with van der Waals surface area (Å²) >= 11 is 0. The molecule has 2 aromatic carbocycles. The number of pyridine rings is 2. The quantitative estimate of drug-likeness (QED) is 0.228. The third-order valence-electron chi connectivity index (χ3n) is 15.0. The van der Waals surface area contributed by atoms with Gasteiger partial charge in [-0.05, 0) is 87.8 Å². The Morgan fingerprint density at radius 2 is 1.01 bits per heavy atom. The summed E-state index contributed by atoms with van der Waals surface area (Å²) in [6.07, 6.45) is 12.5. The van der Waals surface area contributed by atoms with E-state index in [1.807, 2.05) is 56.0 Å². The first-order valence-corrected chi connectivity index (χ1v) is 24.4. The third kappa shape index (κ3) is 9.33. The Morgan fingerprint density at radius 3 is 1.42 bits per heavy atom. The lowest BCUT2D eigenvalue weighted by molar-refractivity contribution is -0.134. The highest BCUT2D eigenvalue weighted by atomic mass is 16.5. The van der Waals surface area contributed by atoms with Crippen LogP contribution in [0.3, 0.4) is 0 Å². The predicted octanol–water partition coefficient (Wildman–Crippen LogP) is 5.19. The second kappa shape index (κ2) is 18.9. The Kier molecular flexibility index (Phi) is 12.7. The maximum Gasteiger partial charge on any atom is 0.257 e. The van der Waals surface area contributed by atoms with Crippen LogP contribution in [-0.2, 0) is 19.1 Å². The first-order valence-electron chi connectivity index (χ1n) is 24.4. The van der Waals surface area contributed by atoms with Gasteiger partial charge in [-0.3, -0.25) is 33.9 Å². The van der Waals surface area contributed by atoms with Crippen molar-refractivity contribution >= 4 is 62.6 Å². The summed E-state index contributed by atoms with van der Waals surface area (Å²) in [6.45, 7) is 8.23. The van der Waals surface area contributed by atoms with Crippen molar-refractivity contribution in [1.29, 1.82) is 0 Å². The number of methoxy groups -OCH3 is 2. The lowest BCUT2D eigenvalue weighted by Gasteiger charge is -2.41. The van der Waals surface area contributed by atoms with Crippen molar-refractivity contribution in [2.24, 2.45) is 11.8 Å². The van der Waals surface area contributed by atoms with E-state index >= 15 is 0 Å². The van der Waals surface area contributed by atoms with Gasteiger partial charge in [-0.25, -0.2) is 0 Å². The topological polar surface area (TPSA) is 158 Å². The molecule has 7 heterocycles. The molecule has 0 radical (unpaired) electrons. The van der Waals surface area contributed by atoms with E-state index in [0.717, 1.165) is 110 Å². The van der Waals surface area contributed by atoms with Crippen LogP contribution in [0.15, 0.2) is 48.8 Å². The number of ketones is 1. The average molecular weight is 915 g/mol. The highest BCUT2D eigenvalue weighted by Gasteiger charge is 2.41. The molecule has 7 aliphatic rings. The molecule has 354 valence electrons. The first-order chi connectivity index (χ1) is 32.6. The Bertz CT molecular complexity index is 2540. The van der Waals surface area contributed by atoms with Crippen LogP contribution in [0.4, 0.5) is 11.4 Å². The lowest BCUT2D eigenvalue weighted by atomic mass is 9.88. The zero-order valence-corrected chi connectivity index (χ0v) is 38.9. The lowest BCUT2D eigenvalue weighted by Crippen LogP contribution is -2.51. The summed E-state index contributed by atoms with van der Waals surface area (Å²) in [6, 6.07) is 11.5. The van der Waals surface area contributed by atoms with Gasteiger partial charge in [0.15, 0.2) is 0 Å². The maximum absolute atomic E-state index is 13.8. The van der Waals surface area contributed by atoms with Gasteiger partial charge >= 0.3 is 0 Å². The molecule has 67 heavy (non-hydrogen) atoms. The molecule has 2 aliphatic carbocycles. The molecule has 0 N–H and O–H groups in total. The molecule has 7 fully saturated rings. The second-order valence-electron chi connectivity index (χ2n) is 19.2. The first kappa shape index (κ1) is 44.8. The SMILES string of the molecule is COc1ccc2ncc(C(=O)N3CCN(C(=O)C4CC4)CC3)c(N3CCC(=O)CC3)c2c1.COc1ccc2ncc(C(=O)N3CCN(C(=O)C4CC4)CC3)c(N3CCC4(CCCO4)CC3)c2c1. The summed E-state index contributed by atoms with van der Waals surface area (Å²) < 4.78 is 17.1. The molecule has 5 saturated heterocycles. The highest BCUT2D eigenvalue weighted by Crippen LogP contribution is 2.41. The van der Waals surface area contributed by atoms with Crippen LogP contribution in [0.2, 0.25) is 0 Å². The van der Waals surface area contributed by atoms with Gasteiger partial charge in [-0.15, -0.1) is 0 Å². The number of hydrogen-bond donors (Lipinski definition) is 0. The van der Waals surface area contributed by atoms with Crippen LogP contribution < -0.4 is 19.3 Å². The van der Waals surface area contributed by atoms with Crippen LogP contribution in [-0.4, -0.2) is 164 Å². The molecule has 2 aromatic heterocycles. The van der Waals surface area contributed by atoms with E-state index in [-0.39, 0.29) is 46.8 Å². The van der Waals surface area contributed by atoms with Gasteiger partial charge in [-0.2, -0.15) is 0 Å².